The van der Waals surface area contributed by atoms with E-state index < -0.39 is 10.8 Å². The van der Waals surface area contributed by atoms with Gasteiger partial charge in [-0.1, -0.05) is 5.16 Å². The van der Waals surface area contributed by atoms with Crippen molar-refractivity contribution < 1.29 is 19.8 Å². The second kappa shape index (κ2) is 9.36. The molecule has 1 amide bonds. The first-order chi connectivity index (χ1) is 14.7. The zero-order chi connectivity index (χ0) is 22.2. The molecule has 2 bridgehead atoms. The molecule has 3 N–H and O–H groups in total. The van der Waals surface area contributed by atoms with Gasteiger partial charge in [0.05, 0.1) is 5.75 Å². The van der Waals surface area contributed by atoms with Gasteiger partial charge in [-0.05, 0) is 59.7 Å². The number of aromatic nitrogens is 1. The van der Waals surface area contributed by atoms with Crippen molar-refractivity contribution in [2.24, 2.45) is 0 Å². The molecule has 9 nitrogen and oxygen atoms in total. The van der Waals surface area contributed by atoms with Crippen LogP contribution in [0.4, 0.5) is 0 Å². The maximum absolute atomic E-state index is 12.6. The van der Waals surface area contributed by atoms with E-state index in [1.54, 1.807) is 6.07 Å². The number of amides is 1. The fourth-order valence-corrected chi connectivity index (χ4v) is 6.92. The monoisotopic (exact) mass is 457 g/mol. The molecule has 3 fully saturated rings. The summed E-state index contributed by atoms with van der Waals surface area (Å²) < 4.78 is 29.2. The minimum Gasteiger partial charge on any atom is -0.360 e. The third-order valence-corrected chi connectivity index (χ3v) is 8.76. The van der Waals surface area contributed by atoms with Crippen molar-refractivity contribution in [2.45, 2.75) is 62.6 Å². The van der Waals surface area contributed by atoms with Crippen molar-refractivity contribution >= 4 is 16.7 Å². The lowest BCUT2D eigenvalue weighted by Gasteiger charge is -2.51. The molecule has 1 aliphatic carbocycles. The summed E-state index contributed by atoms with van der Waals surface area (Å²) in [6.45, 7) is 2.50. The Morgan fingerprint density at radius 2 is 1.87 bits per heavy atom. The molecule has 0 radical (unpaired) electrons. The van der Waals surface area contributed by atoms with Gasteiger partial charge >= 0.3 is 0 Å². The van der Waals surface area contributed by atoms with Crippen LogP contribution in [0.5, 0.6) is 0 Å². The molecule has 3 heterocycles. The average Bonchev–Trinajstić information content (AvgIpc) is 3.37. The number of carbonyl (C=O) groups excluding carboxylic acids is 1. The van der Waals surface area contributed by atoms with Crippen LogP contribution in [0.1, 0.15) is 62.1 Å². The first-order valence-corrected chi connectivity index (χ1v) is 13.1. The van der Waals surface area contributed by atoms with Gasteiger partial charge in [-0.2, -0.15) is 0 Å². The highest BCUT2D eigenvalue weighted by atomic mass is 32.3. The molecule has 4 rings (SSSR count). The summed E-state index contributed by atoms with van der Waals surface area (Å²) in [5.41, 5.74) is 0.349. The lowest BCUT2D eigenvalue weighted by molar-refractivity contribution is 0.0897. The fraction of sp³-hybridized carbons (Fsp3) is 0.810. The van der Waals surface area contributed by atoms with E-state index >= 15 is 0 Å². The van der Waals surface area contributed by atoms with Gasteiger partial charge in [0, 0.05) is 51.2 Å². The lowest BCUT2D eigenvalue weighted by atomic mass is 9.99. The van der Waals surface area contributed by atoms with Crippen LogP contribution in [0.2, 0.25) is 0 Å². The summed E-state index contributed by atoms with van der Waals surface area (Å²) in [5.74, 6) is 1.41. The Hall–Kier alpha value is -1.17. The van der Waals surface area contributed by atoms with E-state index in [0.29, 0.717) is 23.9 Å². The highest BCUT2D eigenvalue weighted by Gasteiger charge is 2.47. The summed E-state index contributed by atoms with van der Waals surface area (Å²) >= 11 is 0. The van der Waals surface area contributed by atoms with Gasteiger partial charge in [-0.25, -0.2) is 4.31 Å². The number of piperidine rings is 1. The molecule has 0 spiro atoms. The molecule has 2 saturated heterocycles. The van der Waals surface area contributed by atoms with E-state index in [4.69, 9.17) is 4.52 Å². The van der Waals surface area contributed by atoms with Crippen LogP contribution in [0.15, 0.2) is 10.6 Å². The lowest BCUT2D eigenvalue weighted by Crippen LogP contribution is -2.51. The Bertz CT molecular complexity index is 761. The zero-order valence-electron chi connectivity index (χ0n) is 18.9. The van der Waals surface area contributed by atoms with Gasteiger partial charge in [-0.15, -0.1) is 10.8 Å². The van der Waals surface area contributed by atoms with Gasteiger partial charge in [0.1, 0.15) is 5.76 Å². The third kappa shape index (κ3) is 5.61. The van der Waals surface area contributed by atoms with Crippen molar-refractivity contribution in [3.8, 4) is 0 Å². The Morgan fingerprint density at radius 1 is 1.19 bits per heavy atom. The Labute approximate surface area is 188 Å². The summed E-state index contributed by atoms with van der Waals surface area (Å²) in [6.07, 6.45) is 5.58. The largest absolute Gasteiger partial charge is 0.360 e. The van der Waals surface area contributed by atoms with E-state index in [0.717, 1.165) is 57.4 Å². The van der Waals surface area contributed by atoms with E-state index in [9.17, 15) is 13.9 Å². The Kier molecular flexibility index (Phi) is 6.95. The van der Waals surface area contributed by atoms with Crippen molar-refractivity contribution in [1.29, 1.82) is 0 Å². The van der Waals surface area contributed by atoms with Crippen LogP contribution < -0.4 is 5.32 Å². The van der Waals surface area contributed by atoms with Gasteiger partial charge in [-0.3, -0.25) is 13.9 Å². The first kappa shape index (κ1) is 23.0. The second-order valence-corrected chi connectivity index (χ2v) is 11.8. The summed E-state index contributed by atoms with van der Waals surface area (Å²) in [5, 5.41) is 7.04. The van der Waals surface area contributed by atoms with Crippen LogP contribution in [0.25, 0.3) is 0 Å². The number of hydrogen-bond donors (Lipinski definition) is 3. The number of hydrogen-bond acceptors (Lipinski definition) is 8. The molecule has 1 aromatic rings. The number of likely N-dealkylation sites (N-methyl/N-ethyl adjacent to an activating group) is 2. The van der Waals surface area contributed by atoms with Crippen LogP contribution in [0.3, 0.4) is 0 Å². The van der Waals surface area contributed by atoms with Crippen LogP contribution >= 0.6 is 10.8 Å². The molecule has 3 aliphatic rings. The highest BCUT2D eigenvalue weighted by molar-refractivity contribution is 8.22. The highest BCUT2D eigenvalue weighted by Crippen LogP contribution is 2.54. The smallest absolute Gasteiger partial charge is 0.273 e. The molecule has 0 aromatic carbocycles. The molecule has 1 unspecified atom stereocenters. The molecule has 178 valence electrons. The molecule has 2 aliphatic heterocycles. The standard InChI is InChI=1S/C21H37N5O4S.H2/c1-24(2)8-9-25(3)10-11-31(28,29)26-17-6-7-18(26)13-16(12-17)22-21(27)19-14-20(30-23-19)15-4-5-15;/h14-18,28-29H,4-13H2,1-3H3,(H,22,27);1H/t16?,17-,18+;. The van der Waals surface area contributed by atoms with Gasteiger partial charge in [0.25, 0.3) is 5.91 Å². The van der Waals surface area contributed by atoms with Crippen molar-refractivity contribution in [3.63, 3.8) is 0 Å². The molecule has 31 heavy (non-hydrogen) atoms. The van der Waals surface area contributed by atoms with Crippen molar-refractivity contribution in [1.82, 2.24) is 24.6 Å². The topological polar surface area (TPSA) is 105 Å². The Balaban J connectivity index is 0.00000289. The predicted molar refractivity (Wildman–Crippen MR) is 123 cm³/mol. The Morgan fingerprint density at radius 3 is 2.48 bits per heavy atom. The summed E-state index contributed by atoms with van der Waals surface area (Å²) in [4.78, 5) is 16.9. The van der Waals surface area contributed by atoms with E-state index in [-0.39, 0.29) is 25.5 Å². The first-order valence-electron chi connectivity index (χ1n) is 11.4. The normalized spacial score (nSPS) is 27.3. The van der Waals surface area contributed by atoms with Crippen LogP contribution in [-0.4, -0.2) is 98.9 Å². The van der Waals surface area contributed by atoms with E-state index in [2.05, 4.69) is 20.3 Å². The average molecular weight is 458 g/mol. The molecular weight excluding hydrogens is 418 g/mol. The van der Waals surface area contributed by atoms with Crippen molar-refractivity contribution in [2.75, 3.05) is 46.5 Å². The number of nitrogens with zero attached hydrogens (tertiary/aromatic N) is 4. The fourth-order valence-electron chi connectivity index (χ4n) is 4.81. The maximum atomic E-state index is 12.6. The molecular formula is C21H39N5O4S. The quantitative estimate of drug-likeness (QED) is 0.493. The SMILES string of the molecule is CN(C)CCN(C)CCS(O)(O)N1[C@@H]2CC[C@H]1CC(NC(=O)c1cc(C3CC3)on1)C2.[HH]. The third-order valence-electron chi connectivity index (χ3n) is 6.76. The zero-order valence-corrected chi connectivity index (χ0v) is 19.7. The number of rotatable bonds is 10. The van der Waals surface area contributed by atoms with Crippen LogP contribution in [-0.2, 0) is 0 Å². The van der Waals surface area contributed by atoms with Gasteiger partial charge in [0.15, 0.2) is 5.69 Å². The number of nitrogens with one attached hydrogen (secondary N) is 1. The minimum absolute atomic E-state index is 0. The van der Waals surface area contributed by atoms with E-state index in [1.165, 1.54) is 0 Å². The van der Waals surface area contributed by atoms with Gasteiger partial charge < -0.3 is 19.6 Å². The molecule has 10 heteroatoms. The number of fused-ring (bicyclic) bond motifs is 2. The number of carbonyl (C=O) groups is 1. The summed E-state index contributed by atoms with van der Waals surface area (Å²) in [7, 11) is 3.28. The van der Waals surface area contributed by atoms with Crippen LogP contribution in [0, 0.1) is 0 Å². The molecule has 1 saturated carbocycles. The molecule has 1 aromatic heterocycles. The predicted octanol–water partition coefficient (Wildman–Crippen LogP) is 2.68. The second-order valence-electron chi connectivity index (χ2n) is 9.72. The maximum Gasteiger partial charge on any atom is 0.273 e. The van der Waals surface area contributed by atoms with Crippen molar-refractivity contribution in [3.05, 3.63) is 17.5 Å². The van der Waals surface area contributed by atoms with E-state index in [1.807, 2.05) is 25.4 Å². The molecule has 3 atom stereocenters. The summed E-state index contributed by atoms with van der Waals surface area (Å²) in [6, 6.07) is 1.99. The minimum atomic E-state index is -2.82. The van der Waals surface area contributed by atoms with Gasteiger partial charge in [0.2, 0.25) is 0 Å².